The quantitative estimate of drug-likeness (QED) is 0.608. The van der Waals surface area contributed by atoms with E-state index in [9.17, 15) is 13.2 Å². The number of hydrogen-bond donors (Lipinski definition) is 0. The zero-order valence-corrected chi connectivity index (χ0v) is 7.70. The summed E-state index contributed by atoms with van der Waals surface area (Å²) in [5.41, 5.74) is -1.35. The summed E-state index contributed by atoms with van der Waals surface area (Å²) in [4.78, 5) is 0. The summed E-state index contributed by atoms with van der Waals surface area (Å²) in [6.07, 6.45) is -3.12. The van der Waals surface area contributed by atoms with Gasteiger partial charge >= 0.3 is 6.18 Å². The SMILES string of the molecule is CCC1C(C)C1(CC)C(F)(F)F. The average molecular weight is 180 g/mol. The number of alkyl halides is 3. The second kappa shape index (κ2) is 2.64. The van der Waals surface area contributed by atoms with Crippen molar-refractivity contribution in [3.63, 3.8) is 0 Å². The van der Waals surface area contributed by atoms with Crippen molar-refractivity contribution >= 4 is 0 Å². The molecule has 0 saturated heterocycles. The smallest absolute Gasteiger partial charge is 0.170 e. The molecule has 72 valence electrons. The summed E-state index contributed by atoms with van der Waals surface area (Å²) in [5, 5.41) is 0. The van der Waals surface area contributed by atoms with Crippen LogP contribution in [0.3, 0.4) is 0 Å². The van der Waals surface area contributed by atoms with Gasteiger partial charge < -0.3 is 0 Å². The van der Waals surface area contributed by atoms with E-state index in [4.69, 9.17) is 0 Å². The Labute approximate surface area is 71.1 Å². The van der Waals surface area contributed by atoms with Gasteiger partial charge in [0, 0.05) is 0 Å². The lowest BCUT2D eigenvalue weighted by atomic mass is 9.97. The van der Waals surface area contributed by atoms with Gasteiger partial charge in [-0.3, -0.25) is 0 Å². The molecule has 1 rings (SSSR count). The van der Waals surface area contributed by atoms with E-state index < -0.39 is 11.6 Å². The lowest BCUT2D eigenvalue weighted by molar-refractivity contribution is -0.196. The van der Waals surface area contributed by atoms with Crippen molar-refractivity contribution in [2.45, 2.75) is 39.8 Å². The van der Waals surface area contributed by atoms with Crippen LogP contribution in [0.1, 0.15) is 33.6 Å². The van der Waals surface area contributed by atoms with Gasteiger partial charge in [-0.25, -0.2) is 0 Å². The van der Waals surface area contributed by atoms with Crippen molar-refractivity contribution in [3.05, 3.63) is 0 Å². The summed E-state index contributed by atoms with van der Waals surface area (Å²) in [6, 6.07) is 0. The Hall–Kier alpha value is -0.210. The Morgan fingerprint density at radius 2 is 1.75 bits per heavy atom. The molecule has 0 aromatic rings. The minimum absolute atomic E-state index is 0.137. The van der Waals surface area contributed by atoms with Gasteiger partial charge in [-0.05, 0) is 18.3 Å². The molecular formula is C9H15F3. The average Bonchev–Trinajstić information content (AvgIpc) is 2.54. The summed E-state index contributed by atoms with van der Waals surface area (Å²) >= 11 is 0. The first-order chi connectivity index (χ1) is 5.41. The number of halogens is 3. The van der Waals surface area contributed by atoms with Gasteiger partial charge in [0.1, 0.15) is 0 Å². The third kappa shape index (κ3) is 0.979. The van der Waals surface area contributed by atoms with Crippen molar-refractivity contribution in [2.75, 3.05) is 0 Å². The first-order valence-electron chi connectivity index (χ1n) is 4.48. The molecule has 0 nitrogen and oxygen atoms in total. The van der Waals surface area contributed by atoms with Gasteiger partial charge in [0.05, 0.1) is 5.41 Å². The lowest BCUT2D eigenvalue weighted by Crippen LogP contribution is -2.27. The molecule has 0 aromatic carbocycles. The highest BCUT2D eigenvalue weighted by atomic mass is 19.4. The maximum absolute atomic E-state index is 12.6. The molecule has 3 unspecified atom stereocenters. The van der Waals surface area contributed by atoms with Crippen LogP contribution in [0.25, 0.3) is 0 Å². The fourth-order valence-electron chi connectivity index (χ4n) is 2.70. The Morgan fingerprint density at radius 3 is 1.83 bits per heavy atom. The molecule has 0 radical (unpaired) electrons. The summed E-state index contributed by atoms with van der Waals surface area (Å²) in [5.74, 6) is -0.310. The Balaban J connectivity index is 2.82. The molecule has 12 heavy (non-hydrogen) atoms. The molecule has 0 bridgehead atoms. The van der Waals surface area contributed by atoms with Crippen LogP contribution in [0.2, 0.25) is 0 Å². The number of rotatable bonds is 2. The van der Waals surface area contributed by atoms with Gasteiger partial charge in [-0.1, -0.05) is 27.2 Å². The summed E-state index contributed by atoms with van der Waals surface area (Å²) in [7, 11) is 0. The normalized spacial score (nSPS) is 41.5. The molecule has 1 aliphatic rings. The Bertz CT molecular complexity index is 173. The van der Waals surface area contributed by atoms with Crippen LogP contribution in [0.5, 0.6) is 0 Å². The minimum atomic E-state index is -4.00. The van der Waals surface area contributed by atoms with Crippen LogP contribution < -0.4 is 0 Å². The fraction of sp³-hybridized carbons (Fsp3) is 1.00. The fourth-order valence-corrected chi connectivity index (χ4v) is 2.70. The molecule has 0 amide bonds. The largest absolute Gasteiger partial charge is 0.395 e. The molecule has 0 spiro atoms. The monoisotopic (exact) mass is 180 g/mol. The molecular weight excluding hydrogens is 165 g/mol. The molecule has 1 fully saturated rings. The van der Waals surface area contributed by atoms with E-state index in [1.54, 1.807) is 13.8 Å². The van der Waals surface area contributed by atoms with Crippen LogP contribution >= 0.6 is 0 Å². The van der Waals surface area contributed by atoms with Crippen molar-refractivity contribution in [1.82, 2.24) is 0 Å². The van der Waals surface area contributed by atoms with Gasteiger partial charge in [0.25, 0.3) is 0 Å². The van der Waals surface area contributed by atoms with Gasteiger partial charge in [0.15, 0.2) is 0 Å². The van der Waals surface area contributed by atoms with E-state index >= 15 is 0 Å². The third-order valence-electron chi connectivity index (χ3n) is 3.52. The molecule has 0 N–H and O–H groups in total. The van der Waals surface area contributed by atoms with Crippen LogP contribution in [-0.2, 0) is 0 Å². The van der Waals surface area contributed by atoms with Gasteiger partial charge in [-0.2, -0.15) is 13.2 Å². The molecule has 1 saturated carbocycles. The minimum Gasteiger partial charge on any atom is -0.170 e. The molecule has 0 heterocycles. The van der Waals surface area contributed by atoms with E-state index in [1.165, 1.54) is 0 Å². The third-order valence-corrected chi connectivity index (χ3v) is 3.52. The maximum Gasteiger partial charge on any atom is 0.395 e. The topological polar surface area (TPSA) is 0 Å². The first-order valence-corrected chi connectivity index (χ1v) is 4.48. The second-order valence-electron chi connectivity index (χ2n) is 3.70. The number of hydrogen-bond acceptors (Lipinski definition) is 0. The molecule has 0 aliphatic heterocycles. The van der Waals surface area contributed by atoms with E-state index in [0.717, 1.165) is 0 Å². The summed E-state index contributed by atoms with van der Waals surface area (Å²) < 4.78 is 37.8. The highest BCUT2D eigenvalue weighted by Crippen LogP contribution is 2.69. The highest BCUT2D eigenvalue weighted by Gasteiger charge is 2.73. The lowest BCUT2D eigenvalue weighted by Gasteiger charge is -2.19. The van der Waals surface area contributed by atoms with Crippen LogP contribution in [-0.4, -0.2) is 6.18 Å². The van der Waals surface area contributed by atoms with Crippen molar-refractivity contribution in [3.8, 4) is 0 Å². The predicted molar refractivity (Wildman–Crippen MR) is 41.7 cm³/mol. The first kappa shape index (κ1) is 9.87. The zero-order chi connectivity index (χ0) is 9.57. The van der Waals surface area contributed by atoms with Gasteiger partial charge in [0.2, 0.25) is 0 Å². The molecule has 3 atom stereocenters. The maximum atomic E-state index is 12.6. The van der Waals surface area contributed by atoms with Crippen LogP contribution in [0.4, 0.5) is 13.2 Å². The van der Waals surface area contributed by atoms with Crippen molar-refractivity contribution < 1.29 is 13.2 Å². The Kier molecular flexibility index (Phi) is 2.17. The summed E-state index contributed by atoms with van der Waals surface area (Å²) in [6.45, 7) is 5.19. The van der Waals surface area contributed by atoms with Crippen LogP contribution in [0, 0.1) is 17.3 Å². The molecule has 1 aliphatic carbocycles. The standard InChI is InChI=1S/C9H15F3/c1-4-7-6(3)8(7,5-2)9(10,11)12/h6-7H,4-5H2,1-3H3. The van der Waals surface area contributed by atoms with Gasteiger partial charge in [-0.15, -0.1) is 0 Å². The highest BCUT2D eigenvalue weighted by molar-refractivity contribution is 5.11. The van der Waals surface area contributed by atoms with E-state index in [1.807, 2.05) is 6.92 Å². The Morgan fingerprint density at radius 1 is 1.25 bits per heavy atom. The van der Waals surface area contributed by atoms with Crippen molar-refractivity contribution in [2.24, 2.45) is 17.3 Å². The molecule has 3 heteroatoms. The predicted octanol–water partition coefficient (Wildman–Crippen LogP) is 3.62. The second-order valence-corrected chi connectivity index (χ2v) is 3.70. The van der Waals surface area contributed by atoms with E-state index in [0.29, 0.717) is 6.42 Å². The molecule has 0 aromatic heterocycles. The zero-order valence-electron chi connectivity index (χ0n) is 7.70. The van der Waals surface area contributed by atoms with Crippen molar-refractivity contribution in [1.29, 1.82) is 0 Å². The van der Waals surface area contributed by atoms with Crippen LogP contribution in [0.15, 0.2) is 0 Å². The van der Waals surface area contributed by atoms with E-state index in [-0.39, 0.29) is 18.3 Å². The van der Waals surface area contributed by atoms with E-state index in [2.05, 4.69) is 0 Å².